The number of benzene rings is 2. The number of anilines is 2. The summed E-state index contributed by atoms with van der Waals surface area (Å²) in [6.07, 6.45) is 4.38. The van der Waals surface area contributed by atoms with Crippen LogP contribution in [0, 0.1) is 5.82 Å². The number of hydrogen-bond donors (Lipinski definition) is 3. The van der Waals surface area contributed by atoms with E-state index in [-0.39, 0.29) is 9.79 Å². The van der Waals surface area contributed by atoms with Crippen molar-refractivity contribution in [3.05, 3.63) is 72.9 Å². The molecule has 0 bridgehead atoms. The van der Waals surface area contributed by atoms with Gasteiger partial charge in [-0.05, 0) is 48.5 Å². The van der Waals surface area contributed by atoms with Gasteiger partial charge in [0.15, 0.2) is 5.82 Å². The molecular weight excluding hydrogens is 373 g/mol. The molecule has 27 heavy (non-hydrogen) atoms. The molecule has 2 amide bonds. The van der Waals surface area contributed by atoms with Gasteiger partial charge in [0.25, 0.3) is 0 Å². The largest absolute Gasteiger partial charge is 0.337 e. The Labute approximate surface area is 154 Å². The van der Waals surface area contributed by atoms with Crippen LogP contribution in [-0.4, -0.2) is 24.4 Å². The van der Waals surface area contributed by atoms with E-state index in [0.717, 1.165) is 12.1 Å². The summed E-state index contributed by atoms with van der Waals surface area (Å²) in [6, 6.07) is 9.57. The summed E-state index contributed by atoms with van der Waals surface area (Å²) < 4.78 is 38.0. The molecule has 1 aromatic heterocycles. The van der Waals surface area contributed by atoms with Crippen molar-refractivity contribution in [1.82, 2.24) is 15.4 Å². The molecule has 0 fully saturated rings. The molecule has 1 heterocycles. The Hall–Kier alpha value is -3.53. The summed E-state index contributed by atoms with van der Waals surface area (Å²) in [4.78, 5) is 19.6. The first kappa shape index (κ1) is 18.3. The van der Waals surface area contributed by atoms with E-state index in [9.17, 15) is 17.6 Å². The third kappa shape index (κ3) is 4.55. The van der Waals surface area contributed by atoms with Crippen molar-refractivity contribution in [2.75, 3.05) is 10.7 Å². The van der Waals surface area contributed by atoms with Crippen LogP contribution >= 0.6 is 0 Å². The van der Waals surface area contributed by atoms with Gasteiger partial charge in [0.1, 0.15) is 5.82 Å². The molecule has 138 valence electrons. The number of aromatic nitrogens is 2. The van der Waals surface area contributed by atoms with E-state index in [0.29, 0.717) is 11.5 Å². The van der Waals surface area contributed by atoms with Crippen LogP contribution in [0.2, 0.25) is 0 Å². The number of nitrogens with zero attached hydrogens (tertiary/aromatic N) is 2. The van der Waals surface area contributed by atoms with Crippen molar-refractivity contribution in [1.29, 1.82) is 0 Å². The first-order valence-electron chi connectivity index (χ1n) is 7.65. The lowest BCUT2D eigenvalue weighted by Gasteiger charge is -2.10. The summed E-state index contributed by atoms with van der Waals surface area (Å²) in [5.41, 5.74) is 5.31. The highest BCUT2D eigenvalue weighted by Gasteiger charge is 2.17. The standard InChI is InChI=1S/C17H14FN5O3S/c18-12-1-5-14(6-2-12)27(25,26)15-7-3-13(4-8-15)21-17(24)23-22-16-11-19-9-10-20-16/h1-11H,(H,20,22)(H2,21,23,24). The van der Waals surface area contributed by atoms with Gasteiger partial charge in [-0.2, -0.15) is 0 Å². The maximum Gasteiger partial charge on any atom is 0.337 e. The van der Waals surface area contributed by atoms with Crippen molar-refractivity contribution in [3.63, 3.8) is 0 Å². The molecule has 0 aliphatic heterocycles. The summed E-state index contributed by atoms with van der Waals surface area (Å²) in [5.74, 6) is -0.164. The zero-order chi connectivity index (χ0) is 19.3. The van der Waals surface area contributed by atoms with E-state index in [2.05, 4.69) is 26.1 Å². The molecule has 0 atom stereocenters. The predicted molar refractivity (Wildman–Crippen MR) is 96.1 cm³/mol. The van der Waals surface area contributed by atoms with Gasteiger partial charge in [-0.3, -0.25) is 10.4 Å². The maximum absolute atomic E-state index is 13.0. The minimum Gasteiger partial charge on any atom is -0.307 e. The predicted octanol–water partition coefficient (Wildman–Crippen LogP) is 2.60. The van der Waals surface area contributed by atoms with E-state index >= 15 is 0 Å². The van der Waals surface area contributed by atoms with Crippen LogP contribution in [0.25, 0.3) is 0 Å². The van der Waals surface area contributed by atoms with Crippen LogP contribution in [-0.2, 0) is 9.84 Å². The van der Waals surface area contributed by atoms with Crippen molar-refractivity contribution >= 4 is 27.4 Å². The first-order chi connectivity index (χ1) is 12.9. The summed E-state index contributed by atoms with van der Waals surface area (Å²) in [5, 5.41) is 2.53. The number of nitrogens with one attached hydrogen (secondary N) is 3. The highest BCUT2D eigenvalue weighted by Crippen LogP contribution is 2.22. The molecule has 0 aliphatic rings. The van der Waals surface area contributed by atoms with Crippen molar-refractivity contribution in [3.8, 4) is 0 Å². The number of amides is 2. The zero-order valence-electron chi connectivity index (χ0n) is 13.8. The summed E-state index contributed by atoms with van der Waals surface area (Å²) >= 11 is 0. The Bertz CT molecular complexity index is 1030. The second-order valence-corrected chi connectivity index (χ2v) is 7.23. The number of carbonyl (C=O) groups excluding carboxylic acids is 1. The Morgan fingerprint density at radius 3 is 2.15 bits per heavy atom. The number of rotatable bonds is 5. The molecule has 0 radical (unpaired) electrons. The molecule has 2 aromatic carbocycles. The molecule has 3 N–H and O–H groups in total. The van der Waals surface area contributed by atoms with Crippen molar-refractivity contribution in [2.24, 2.45) is 0 Å². The molecule has 3 aromatic rings. The number of halogens is 1. The SMILES string of the molecule is O=C(NNc1cnccn1)Nc1ccc(S(=O)(=O)c2ccc(F)cc2)cc1. The molecule has 0 aliphatic carbocycles. The molecule has 0 saturated carbocycles. The molecular formula is C17H14FN5O3S. The molecule has 0 saturated heterocycles. The van der Waals surface area contributed by atoms with Gasteiger partial charge in [-0.1, -0.05) is 0 Å². The van der Waals surface area contributed by atoms with E-state index in [4.69, 9.17) is 0 Å². The number of hydrazine groups is 1. The smallest absolute Gasteiger partial charge is 0.307 e. The van der Waals surface area contributed by atoms with Crippen molar-refractivity contribution < 1.29 is 17.6 Å². The second-order valence-electron chi connectivity index (χ2n) is 5.28. The summed E-state index contributed by atoms with van der Waals surface area (Å²) in [6.45, 7) is 0. The fourth-order valence-electron chi connectivity index (χ4n) is 2.11. The average molecular weight is 387 g/mol. The fourth-order valence-corrected chi connectivity index (χ4v) is 3.37. The molecule has 3 rings (SSSR count). The normalized spacial score (nSPS) is 10.9. The monoisotopic (exact) mass is 387 g/mol. The van der Waals surface area contributed by atoms with E-state index < -0.39 is 21.7 Å². The van der Waals surface area contributed by atoms with E-state index in [1.54, 1.807) is 0 Å². The maximum atomic E-state index is 13.0. The Morgan fingerprint density at radius 2 is 1.56 bits per heavy atom. The topological polar surface area (TPSA) is 113 Å². The quantitative estimate of drug-likeness (QED) is 0.458. The zero-order valence-corrected chi connectivity index (χ0v) is 14.6. The number of hydrogen-bond acceptors (Lipinski definition) is 6. The summed E-state index contributed by atoms with van der Waals surface area (Å²) in [7, 11) is -3.77. The fraction of sp³-hybridized carbons (Fsp3) is 0. The molecule has 8 nitrogen and oxygen atoms in total. The average Bonchev–Trinajstić information content (AvgIpc) is 2.68. The lowest BCUT2D eigenvalue weighted by molar-refractivity contribution is 0.254. The Kier molecular flexibility index (Phi) is 5.27. The van der Waals surface area contributed by atoms with Gasteiger partial charge < -0.3 is 5.32 Å². The van der Waals surface area contributed by atoms with Gasteiger partial charge in [0.05, 0.1) is 16.0 Å². The van der Waals surface area contributed by atoms with Crippen LogP contribution in [0.3, 0.4) is 0 Å². The van der Waals surface area contributed by atoms with Gasteiger partial charge in [-0.15, -0.1) is 0 Å². The lowest BCUT2D eigenvalue weighted by Crippen LogP contribution is -2.33. The van der Waals surface area contributed by atoms with Crippen LogP contribution in [0.15, 0.2) is 76.9 Å². The minimum atomic E-state index is -3.77. The minimum absolute atomic E-state index is 0.0180. The van der Waals surface area contributed by atoms with Gasteiger partial charge in [0, 0.05) is 18.1 Å². The van der Waals surface area contributed by atoms with Crippen LogP contribution in [0.1, 0.15) is 0 Å². The highest BCUT2D eigenvalue weighted by molar-refractivity contribution is 7.91. The molecule has 0 spiro atoms. The van der Waals surface area contributed by atoms with E-state index in [1.807, 2.05) is 0 Å². The first-order valence-corrected chi connectivity index (χ1v) is 9.13. The van der Waals surface area contributed by atoms with Gasteiger partial charge in [-0.25, -0.2) is 28.0 Å². The number of sulfone groups is 1. The highest BCUT2D eigenvalue weighted by atomic mass is 32.2. The molecule has 10 heteroatoms. The van der Waals surface area contributed by atoms with Crippen LogP contribution in [0.5, 0.6) is 0 Å². The third-order valence-electron chi connectivity index (χ3n) is 3.41. The molecule has 0 unspecified atom stereocenters. The van der Waals surface area contributed by atoms with Crippen LogP contribution in [0.4, 0.5) is 20.7 Å². The second kappa shape index (κ2) is 7.79. The van der Waals surface area contributed by atoms with Crippen molar-refractivity contribution in [2.45, 2.75) is 9.79 Å². The van der Waals surface area contributed by atoms with Crippen LogP contribution < -0.4 is 16.2 Å². The lowest BCUT2D eigenvalue weighted by atomic mass is 10.3. The van der Waals surface area contributed by atoms with Gasteiger partial charge in [0.2, 0.25) is 9.84 Å². The number of urea groups is 1. The third-order valence-corrected chi connectivity index (χ3v) is 5.20. The Balaban J connectivity index is 1.64. The Morgan fingerprint density at radius 1 is 0.926 bits per heavy atom. The van der Waals surface area contributed by atoms with Gasteiger partial charge >= 0.3 is 6.03 Å². The van der Waals surface area contributed by atoms with E-state index in [1.165, 1.54) is 55.0 Å². The number of carbonyl (C=O) groups is 1.